The van der Waals surface area contributed by atoms with Crippen molar-refractivity contribution in [2.45, 2.75) is 43.7 Å². The highest BCUT2D eigenvalue weighted by Gasteiger charge is 2.40. The number of primary amides is 1. The largest absolute Gasteiger partial charge is 0.368 e. The van der Waals surface area contributed by atoms with Crippen molar-refractivity contribution < 1.29 is 9.59 Å². The zero-order valence-corrected chi connectivity index (χ0v) is 13.2. The number of carbonyl (C=O) groups is 2. The lowest BCUT2D eigenvalue weighted by atomic mass is 9.99. The number of rotatable bonds is 4. The topological polar surface area (TPSA) is 112 Å². The van der Waals surface area contributed by atoms with Crippen LogP contribution in [0.4, 0.5) is 5.69 Å². The van der Waals surface area contributed by atoms with E-state index in [2.05, 4.69) is 16.5 Å². The van der Waals surface area contributed by atoms with E-state index in [1.165, 1.54) is 5.01 Å². The van der Waals surface area contributed by atoms with E-state index >= 15 is 0 Å². The highest BCUT2D eigenvalue weighted by Crippen LogP contribution is 2.30. The molecule has 2 amide bonds. The fourth-order valence-electron chi connectivity index (χ4n) is 3.22. The fraction of sp³-hybridized carbons (Fsp3) is 0.412. The lowest BCUT2D eigenvalue weighted by Gasteiger charge is -2.21. The Kier molecular flexibility index (Phi) is 4.21. The highest BCUT2D eigenvalue weighted by atomic mass is 16.2. The molecule has 3 N–H and O–H groups in total. The molecule has 24 heavy (non-hydrogen) atoms. The number of nitrogens with two attached hydrogens (primary N) is 1. The van der Waals surface area contributed by atoms with Gasteiger partial charge in [0.2, 0.25) is 5.91 Å². The molecule has 1 aliphatic heterocycles. The molecule has 0 bridgehead atoms. The quantitative estimate of drug-likeness (QED) is 0.862. The zero-order valence-electron chi connectivity index (χ0n) is 13.2. The molecule has 1 aromatic carbocycles. The van der Waals surface area contributed by atoms with E-state index in [-0.39, 0.29) is 12.1 Å². The van der Waals surface area contributed by atoms with Gasteiger partial charge in [0.15, 0.2) is 0 Å². The van der Waals surface area contributed by atoms with Gasteiger partial charge in [0, 0.05) is 6.42 Å². The number of nitriles is 1. The van der Waals surface area contributed by atoms with Crippen molar-refractivity contribution in [3.8, 4) is 6.07 Å². The molecule has 124 valence electrons. The second-order valence-corrected chi connectivity index (χ2v) is 6.20. The summed E-state index contributed by atoms with van der Waals surface area (Å²) in [6.07, 6.45) is 3.26. The minimum atomic E-state index is -0.817. The molecule has 7 heteroatoms. The van der Waals surface area contributed by atoms with Crippen molar-refractivity contribution >= 4 is 23.2 Å². The Hall–Kier alpha value is -2.88. The number of hydrogen-bond acceptors (Lipinski definition) is 5. The van der Waals surface area contributed by atoms with Gasteiger partial charge in [-0.25, -0.2) is 0 Å². The van der Waals surface area contributed by atoms with Gasteiger partial charge in [-0.3, -0.25) is 14.6 Å². The second-order valence-electron chi connectivity index (χ2n) is 6.20. The fourth-order valence-corrected chi connectivity index (χ4v) is 3.22. The summed E-state index contributed by atoms with van der Waals surface area (Å²) in [6.45, 7) is 0. The van der Waals surface area contributed by atoms with Crippen molar-refractivity contribution in [3.63, 3.8) is 0 Å². The minimum Gasteiger partial charge on any atom is -0.368 e. The molecular weight excluding hydrogens is 306 g/mol. The van der Waals surface area contributed by atoms with Gasteiger partial charge in [-0.1, -0.05) is 18.2 Å². The van der Waals surface area contributed by atoms with Crippen LogP contribution in [0.15, 0.2) is 35.4 Å². The Labute approximate surface area is 140 Å². The van der Waals surface area contributed by atoms with Crippen LogP contribution in [0.3, 0.4) is 0 Å². The van der Waals surface area contributed by atoms with E-state index in [0.717, 1.165) is 12.8 Å². The van der Waals surface area contributed by atoms with Crippen LogP contribution >= 0.6 is 0 Å². The standard InChI is InChI=1S/C17H19N5O2/c18-11-17(8-4-5-9-17)20-16(24)13-10-14(15(19)23)22(21-13)12-6-2-1-3-7-12/h1-3,6-7,14H,4-5,8-10H2,(H2,19,23)(H,20,24)/t14-/m0/s1. The molecule has 3 rings (SSSR count). The molecule has 1 fully saturated rings. The van der Waals surface area contributed by atoms with Gasteiger partial charge >= 0.3 is 0 Å². The van der Waals surface area contributed by atoms with Crippen LogP contribution in [0.2, 0.25) is 0 Å². The van der Waals surface area contributed by atoms with Crippen molar-refractivity contribution in [1.29, 1.82) is 5.26 Å². The average molecular weight is 325 g/mol. The van der Waals surface area contributed by atoms with Gasteiger partial charge < -0.3 is 11.1 Å². The van der Waals surface area contributed by atoms with E-state index in [1.54, 1.807) is 12.1 Å². The van der Waals surface area contributed by atoms with Crippen molar-refractivity contribution in [3.05, 3.63) is 30.3 Å². The number of hydrazone groups is 1. The molecular formula is C17H19N5O2. The number of anilines is 1. The maximum atomic E-state index is 12.5. The van der Waals surface area contributed by atoms with E-state index < -0.39 is 23.4 Å². The van der Waals surface area contributed by atoms with Crippen LogP contribution in [0.25, 0.3) is 0 Å². The van der Waals surface area contributed by atoms with E-state index in [9.17, 15) is 14.9 Å². The first-order valence-electron chi connectivity index (χ1n) is 7.99. The Morgan fingerprint density at radius 2 is 1.96 bits per heavy atom. The normalized spacial score (nSPS) is 21.9. The predicted octanol–water partition coefficient (Wildman–Crippen LogP) is 1.06. The van der Waals surface area contributed by atoms with Crippen molar-refractivity contribution in [2.75, 3.05) is 5.01 Å². The van der Waals surface area contributed by atoms with E-state index in [0.29, 0.717) is 18.5 Å². The third kappa shape index (κ3) is 2.95. The van der Waals surface area contributed by atoms with Gasteiger partial charge in [0.05, 0.1) is 11.8 Å². The van der Waals surface area contributed by atoms with Crippen LogP contribution in [0.1, 0.15) is 32.1 Å². The summed E-state index contributed by atoms with van der Waals surface area (Å²) in [5.74, 6) is -0.940. The molecule has 1 heterocycles. The van der Waals surface area contributed by atoms with Gasteiger partial charge in [-0.15, -0.1) is 0 Å². The molecule has 1 aromatic rings. The molecule has 2 aliphatic rings. The third-order valence-corrected chi connectivity index (χ3v) is 4.55. The summed E-state index contributed by atoms with van der Waals surface area (Å²) in [5.41, 5.74) is 5.57. The molecule has 1 atom stereocenters. The average Bonchev–Trinajstić information content (AvgIpc) is 3.23. The van der Waals surface area contributed by atoms with Crippen LogP contribution < -0.4 is 16.1 Å². The Morgan fingerprint density at radius 3 is 2.54 bits per heavy atom. The monoisotopic (exact) mass is 325 g/mol. The lowest BCUT2D eigenvalue weighted by Crippen LogP contribution is -2.48. The first-order chi connectivity index (χ1) is 11.5. The molecule has 0 aromatic heterocycles. The molecule has 0 radical (unpaired) electrons. The maximum absolute atomic E-state index is 12.5. The van der Waals surface area contributed by atoms with Crippen LogP contribution in [-0.2, 0) is 9.59 Å². The molecule has 0 spiro atoms. The first kappa shape index (κ1) is 16.0. The van der Waals surface area contributed by atoms with Gasteiger partial charge in [-0.2, -0.15) is 10.4 Å². The molecule has 1 aliphatic carbocycles. The molecule has 1 saturated carbocycles. The summed E-state index contributed by atoms with van der Waals surface area (Å²) in [7, 11) is 0. The summed E-state index contributed by atoms with van der Waals surface area (Å²) in [4.78, 5) is 24.3. The van der Waals surface area contributed by atoms with Crippen molar-refractivity contribution in [1.82, 2.24) is 5.32 Å². The van der Waals surface area contributed by atoms with Crippen LogP contribution in [0, 0.1) is 11.3 Å². The Bertz CT molecular complexity index is 716. The van der Waals surface area contributed by atoms with Gasteiger partial charge in [-0.05, 0) is 37.8 Å². The molecule has 0 unspecified atom stereocenters. The number of hydrogen-bond donors (Lipinski definition) is 2. The summed E-state index contributed by atoms with van der Waals surface area (Å²) >= 11 is 0. The van der Waals surface area contributed by atoms with Crippen molar-refractivity contribution in [2.24, 2.45) is 10.8 Å². The summed E-state index contributed by atoms with van der Waals surface area (Å²) < 4.78 is 0. The number of amides is 2. The summed E-state index contributed by atoms with van der Waals surface area (Å²) in [6, 6.07) is 10.6. The number of nitrogens with one attached hydrogen (secondary N) is 1. The highest BCUT2D eigenvalue weighted by molar-refractivity contribution is 6.40. The lowest BCUT2D eigenvalue weighted by molar-refractivity contribution is -0.119. The van der Waals surface area contributed by atoms with E-state index in [4.69, 9.17) is 5.73 Å². The molecule has 7 nitrogen and oxygen atoms in total. The summed E-state index contributed by atoms with van der Waals surface area (Å²) in [5, 5.41) is 18.0. The predicted molar refractivity (Wildman–Crippen MR) is 88.9 cm³/mol. The first-order valence-corrected chi connectivity index (χ1v) is 7.99. The van der Waals surface area contributed by atoms with Crippen LogP contribution in [0.5, 0.6) is 0 Å². The number of benzene rings is 1. The Balaban J connectivity index is 1.82. The third-order valence-electron chi connectivity index (χ3n) is 4.55. The van der Waals surface area contributed by atoms with Crippen LogP contribution in [-0.4, -0.2) is 29.1 Å². The van der Waals surface area contributed by atoms with E-state index in [1.807, 2.05) is 18.2 Å². The Morgan fingerprint density at radius 1 is 1.29 bits per heavy atom. The molecule has 0 saturated heterocycles. The smallest absolute Gasteiger partial charge is 0.268 e. The van der Waals surface area contributed by atoms with Gasteiger partial charge in [0.25, 0.3) is 5.91 Å². The zero-order chi connectivity index (χ0) is 17.2. The van der Waals surface area contributed by atoms with Gasteiger partial charge in [0.1, 0.15) is 17.3 Å². The maximum Gasteiger partial charge on any atom is 0.268 e. The number of nitrogens with zero attached hydrogens (tertiary/aromatic N) is 3. The number of para-hydroxylation sites is 1. The number of carbonyl (C=O) groups excluding carboxylic acids is 2. The second kappa shape index (κ2) is 6.32. The SMILES string of the molecule is N#CC1(NC(=O)C2=NN(c3ccccc3)[C@H](C(N)=O)C2)CCCC1. The minimum absolute atomic E-state index is 0.136.